The van der Waals surface area contributed by atoms with Gasteiger partial charge < -0.3 is 5.32 Å². The molecule has 100 valence electrons. The van der Waals surface area contributed by atoms with Gasteiger partial charge in [-0.1, -0.05) is 6.07 Å². The number of carbonyl (C=O) groups excluding carboxylic acids is 1. The van der Waals surface area contributed by atoms with E-state index in [4.69, 9.17) is 0 Å². The van der Waals surface area contributed by atoms with E-state index in [-0.39, 0.29) is 17.6 Å². The smallest absolute Gasteiger partial charge is 0.307 e. The van der Waals surface area contributed by atoms with Crippen molar-refractivity contribution in [3.8, 4) is 0 Å². The number of rotatable bonds is 2. The molecule has 0 fully saturated rings. The number of carbonyl (C=O) groups is 1. The van der Waals surface area contributed by atoms with Gasteiger partial charge in [-0.25, -0.2) is 13.2 Å². The lowest BCUT2D eigenvalue weighted by Gasteiger charge is -2.18. The number of nitrogens with one attached hydrogen (secondary N) is 1. The molecule has 0 radical (unpaired) electrons. The molecule has 0 saturated heterocycles. The van der Waals surface area contributed by atoms with Crippen LogP contribution in [-0.4, -0.2) is 38.5 Å². The van der Waals surface area contributed by atoms with Crippen molar-refractivity contribution >= 4 is 27.8 Å². The van der Waals surface area contributed by atoms with Gasteiger partial charge in [-0.15, -0.1) is 0 Å². The number of benzene rings is 1. The summed E-state index contributed by atoms with van der Waals surface area (Å²) in [6.07, 6.45) is 5.98. The van der Waals surface area contributed by atoms with E-state index in [0.717, 1.165) is 6.26 Å². The molecule has 7 heteroatoms. The number of hydrogen-bond acceptors (Lipinski definition) is 4. The van der Waals surface area contributed by atoms with Crippen molar-refractivity contribution in [2.24, 2.45) is 4.99 Å². The summed E-state index contributed by atoms with van der Waals surface area (Å²) in [5, 5.41) is 2.62. The average Bonchev–Trinajstić information content (AvgIpc) is 2.39. The van der Waals surface area contributed by atoms with Gasteiger partial charge in [0.2, 0.25) is 0 Å². The highest BCUT2D eigenvalue weighted by molar-refractivity contribution is 7.90. The maximum absolute atomic E-state index is 11.9. The number of allylic oxidation sites excluding steroid dienone is 1. The third kappa shape index (κ3) is 3.41. The molecule has 0 bridgehead atoms. The van der Waals surface area contributed by atoms with Crippen LogP contribution in [0.5, 0.6) is 0 Å². The van der Waals surface area contributed by atoms with Crippen molar-refractivity contribution in [1.29, 1.82) is 0 Å². The van der Waals surface area contributed by atoms with Crippen LogP contribution in [0.25, 0.3) is 0 Å². The summed E-state index contributed by atoms with van der Waals surface area (Å²) in [6.45, 7) is 0.244. The standard InChI is InChI=1S/C12H13N3O3S/c1-19(17,18)11-5-2-4-10(8-11)14-12(16)15-7-3-6-13-9-15/h2-8H,9H2,1H3,(H,14,16). The minimum Gasteiger partial charge on any atom is -0.307 e. The molecule has 1 heterocycles. The number of nitrogens with zero attached hydrogens (tertiary/aromatic N) is 2. The molecule has 0 aliphatic carbocycles. The Morgan fingerprint density at radius 3 is 2.84 bits per heavy atom. The van der Waals surface area contributed by atoms with E-state index in [0.29, 0.717) is 5.69 Å². The van der Waals surface area contributed by atoms with Crippen LogP contribution in [0.1, 0.15) is 0 Å². The predicted octanol–water partition coefficient (Wildman–Crippen LogP) is 1.48. The van der Waals surface area contributed by atoms with E-state index in [1.165, 1.54) is 17.0 Å². The Morgan fingerprint density at radius 1 is 1.42 bits per heavy atom. The third-order valence-electron chi connectivity index (χ3n) is 2.47. The first kappa shape index (κ1) is 13.3. The molecule has 1 aliphatic heterocycles. The second-order valence-electron chi connectivity index (χ2n) is 4.01. The van der Waals surface area contributed by atoms with Crippen LogP contribution in [-0.2, 0) is 9.84 Å². The first-order chi connectivity index (χ1) is 8.97. The molecule has 1 N–H and O–H groups in total. The number of anilines is 1. The highest BCUT2D eigenvalue weighted by Crippen LogP contribution is 2.16. The minimum absolute atomic E-state index is 0.164. The van der Waals surface area contributed by atoms with Gasteiger partial charge in [-0.05, 0) is 24.3 Å². The SMILES string of the molecule is CS(=O)(=O)c1cccc(NC(=O)N2C=CC=NC2)c1. The second kappa shape index (κ2) is 5.23. The fourth-order valence-corrected chi connectivity index (χ4v) is 2.18. The van der Waals surface area contributed by atoms with Crippen LogP contribution in [0.15, 0.2) is 46.4 Å². The zero-order chi connectivity index (χ0) is 13.9. The number of hydrogen-bond donors (Lipinski definition) is 1. The van der Waals surface area contributed by atoms with Crippen molar-refractivity contribution in [3.63, 3.8) is 0 Å². The highest BCUT2D eigenvalue weighted by atomic mass is 32.2. The molecular weight excluding hydrogens is 266 g/mol. The monoisotopic (exact) mass is 279 g/mol. The van der Waals surface area contributed by atoms with Gasteiger partial charge in [0.1, 0.15) is 6.67 Å². The highest BCUT2D eigenvalue weighted by Gasteiger charge is 2.13. The predicted molar refractivity (Wildman–Crippen MR) is 72.9 cm³/mol. The van der Waals surface area contributed by atoms with Gasteiger partial charge in [0.15, 0.2) is 9.84 Å². The number of aliphatic imine (C=N–C) groups is 1. The van der Waals surface area contributed by atoms with Gasteiger partial charge in [-0.3, -0.25) is 9.89 Å². The van der Waals surface area contributed by atoms with Crippen LogP contribution in [0.2, 0.25) is 0 Å². The Bertz CT molecular complexity index is 650. The lowest BCUT2D eigenvalue weighted by Crippen LogP contribution is -2.31. The Hall–Kier alpha value is -2.15. The van der Waals surface area contributed by atoms with E-state index in [2.05, 4.69) is 10.3 Å². The second-order valence-corrected chi connectivity index (χ2v) is 6.03. The molecule has 2 amide bonds. The van der Waals surface area contributed by atoms with E-state index in [1.807, 2.05) is 0 Å². The molecule has 0 saturated carbocycles. The van der Waals surface area contributed by atoms with Crippen LogP contribution < -0.4 is 5.32 Å². The summed E-state index contributed by atoms with van der Waals surface area (Å²) >= 11 is 0. The number of amides is 2. The van der Waals surface area contributed by atoms with Gasteiger partial charge >= 0.3 is 6.03 Å². The third-order valence-corrected chi connectivity index (χ3v) is 3.58. The Kier molecular flexibility index (Phi) is 3.66. The van der Waals surface area contributed by atoms with Crippen LogP contribution in [0.3, 0.4) is 0 Å². The van der Waals surface area contributed by atoms with Crippen LogP contribution in [0.4, 0.5) is 10.5 Å². The van der Waals surface area contributed by atoms with Crippen LogP contribution in [0, 0.1) is 0 Å². The Labute approximate surface area is 111 Å². The van der Waals surface area contributed by atoms with E-state index in [1.54, 1.807) is 30.6 Å². The molecule has 1 aliphatic rings. The summed E-state index contributed by atoms with van der Waals surface area (Å²) in [7, 11) is -3.29. The lowest BCUT2D eigenvalue weighted by atomic mass is 10.3. The zero-order valence-corrected chi connectivity index (χ0v) is 11.1. The summed E-state index contributed by atoms with van der Waals surface area (Å²) in [5.41, 5.74) is 0.427. The summed E-state index contributed by atoms with van der Waals surface area (Å²) < 4.78 is 22.8. The van der Waals surface area contributed by atoms with Crippen LogP contribution >= 0.6 is 0 Å². The van der Waals surface area contributed by atoms with Crippen molar-refractivity contribution in [2.75, 3.05) is 18.2 Å². The van der Waals surface area contributed by atoms with E-state index >= 15 is 0 Å². The molecule has 6 nitrogen and oxygen atoms in total. The van der Waals surface area contributed by atoms with Gasteiger partial charge in [0.25, 0.3) is 0 Å². The quantitative estimate of drug-likeness (QED) is 0.890. The largest absolute Gasteiger partial charge is 0.327 e. The first-order valence-electron chi connectivity index (χ1n) is 5.51. The normalized spacial score (nSPS) is 14.5. The molecule has 0 atom stereocenters. The fourth-order valence-electron chi connectivity index (χ4n) is 1.52. The Morgan fingerprint density at radius 2 is 2.21 bits per heavy atom. The van der Waals surface area contributed by atoms with Crippen molar-refractivity contribution in [3.05, 3.63) is 36.5 Å². The van der Waals surface area contributed by atoms with E-state index in [9.17, 15) is 13.2 Å². The zero-order valence-electron chi connectivity index (χ0n) is 10.3. The minimum atomic E-state index is -3.29. The van der Waals surface area contributed by atoms with Crippen molar-refractivity contribution in [2.45, 2.75) is 4.90 Å². The molecule has 1 aromatic carbocycles. The van der Waals surface area contributed by atoms with Gasteiger partial charge in [-0.2, -0.15) is 0 Å². The van der Waals surface area contributed by atoms with E-state index < -0.39 is 9.84 Å². The molecule has 2 rings (SSSR count). The molecule has 1 aromatic rings. The molecule has 0 aromatic heterocycles. The van der Waals surface area contributed by atoms with Gasteiger partial charge in [0, 0.05) is 24.4 Å². The molecular formula is C12H13N3O3S. The van der Waals surface area contributed by atoms with Crippen molar-refractivity contribution < 1.29 is 13.2 Å². The Balaban J connectivity index is 2.13. The fraction of sp³-hybridized carbons (Fsp3) is 0.167. The maximum atomic E-state index is 11.9. The summed E-state index contributed by atoms with van der Waals surface area (Å²) in [5.74, 6) is 0. The number of sulfone groups is 1. The summed E-state index contributed by atoms with van der Waals surface area (Å²) in [6, 6.07) is 5.75. The lowest BCUT2D eigenvalue weighted by molar-refractivity contribution is 0.229. The maximum Gasteiger partial charge on any atom is 0.327 e. The van der Waals surface area contributed by atoms with Crippen molar-refractivity contribution in [1.82, 2.24) is 4.90 Å². The molecule has 0 unspecified atom stereocenters. The topological polar surface area (TPSA) is 78.8 Å². The van der Waals surface area contributed by atoms with Gasteiger partial charge in [0.05, 0.1) is 4.90 Å². The molecule has 0 spiro atoms. The first-order valence-corrected chi connectivity index (χ1v) is 7.40. The average molecular weight is 279 g/mol. The number of urea groups is 1. The summed E-state index contributed by atoms with van der Waals surface area (Å²) in [4.78, 5) is 17.4. The molecule has 19 heavy (non-hydrogen) atoms.